The van der Waals surface area contributed by atoms with Gasteiger partial charge in [0.1, 0.15) is 30.3 Å². The Bertz CT molecular complexity index is 758. The van der Waals surface area contributed by atoms with Crippen LogP contribution in [0.3, 0.4) is 0 Å². The number of benzene rings is 1. The van der Waals surface area contributed by atoms with Gasteiger partial charge in [0.25, 0.3) is 0 Å². The van der Waals surface area contributed by atoms with Crippen LogP contribution < -0.4 is 4.74 Å². The van der Waals surface area contributed by atoms with Gasteiger partial charge in [-0.3, -0.25) is 4.79 Å². The lowest BCUT2D eigenvalue weighted by molar-refractivity contribution is -0.143. The molecule has 2 heterocycles. The van der Waals surface area contributed by atoms with E-state index in [2.05, 4.69) is 4.98 Å². The molecule has 1 amide bonds. The van der Waals surface area contributed by atoms with Gasteiger partial charge >= 0.3 is 0 Å². The highest BCUT2D eigenvalue weighted by Crippen LogP contribution is 2.27. The Labute approximate surface area is 154 Å². The number of hydrogen-bond acceptors (Lipinski definition) is 4. The van der Waals surface area contributed by atoms with Gasteiger partial charge in [-0.1, -0.05) is 18.2 Å². The molecule has 1 atom stereocenters. The minimum absolute atomic E-state index is 0.0862. The van der Waals surface area contributed by atoms with Crippen molar-refractivity contribution in [2.45, 2.75) is 38.8 Å². The van der Waals surface area contributed by atoms with E-state index in [0.717, 1.165) is 36.5 Å². The largest absolute Gasteiger partial charge is 0.490 e. The van der Waals surface area contributed by atoms with Crippen molar-refractivity contribution in [2.24, 2.45) is 0 Å². The van der Waals surface area contributed by atoms with Crippen LogP contribution >= 0.6 is 0 Å². The lowest BCUT2D eigenvalue weighted by Gasteiger charge is -2.41. The predicted molar refractivity (Wildman–Crippen MR) is 99.2 cm³/mol. The van der Waals surface area contributed by atoms with E-state index in [4.69, 9.17) is 9.47 Å². The van der Waals surface area contributed by atoms with Crippen molar-refractivity contribution in [2.75, 3.05) is 26.8 Å². The first kappa shape index (κ1) is 18.5. The minimum Gasteiger partial charge on any atom is -0.490 e. The average Bonchev–Trinajstić information content (AvgIpc) is 3.06. The summed E-state index contributed by atoms with van der Waals surface area (Å²) >= 11 is 0. The Hall–Kier alpha value is -2.34. The first-order valence-corrected chi connectivity index (χ1v) is 9.02. The van der Waals surface area contributed by atoms with Crippen molar-refractivity contribution < 1.29 is 14.3 Å². The number of imidazole rings is 1. The fourth-order valence-electron chi connectivity index (χ4n) is 3.40. The Kier molecular flexibility index (Phi) is 5.61. The molecule has 1 aromatic heterocycles. The highest BCUT2D eigenvalue weighted by molar-refractivity contribution is 5.76. The van der Waals surface area contributed by atoms with Crippen LogP contribution in [0.2, 0.25) is 0 Å². The third kappa shape index (κ3) is 4.07. The topological polar surface area (TPSA) is 56.6 Å². The van der Waals surface area contributed by atoms with Crippen LogP contribution in [0.4, 0.5) is 0 Å². The van der Waals surface area contributed by atoms with Crippen LogP contribution in [0.25, 0.3) is 0 Å². The Balaban J connectivity index is 1.65. The minimum atomic E-state index is -0.472. The zero-order valence-corrected chi connectivity index (χ0v) is 15.8. The van der Waals surface area contributed by atoms with Crippen molar-refractivity contribution in [3.8, 4) is 5.75 Å². The van der Waals surface area contributed by atoms with Crippen molar-refractivity contribution in [3.63, 3.8) is 0 Å². The van der Waals surface area contributed by atoms with Gasteiger partial charge in [0, 0.05) is 26.0 Å². The molecule has 1 aromatic carbocycles. The smallest absolute Gasteiger partial charge is 0.242 e. The molecule has 6 heteroatoms. The third-order valence-corrected chi connectivity index (χ3v) is 5.14. The number of hydrogen-bond donors (Lipinski definition) is 0. The van der Waals surface area contributed by atoms with Gasteiger partial charge in [0.15, 0.2) is 0 Å². The molecule has 1 aliphatic heterocycles. The van der Waals surface area contributed by atoms with E-state index >= 15 is 0 Å². The van der Waals surface area contributed by atoms with E-state index in [9.17, 15) is 4.79 Å². The average molecular weight is 357 g/mol. The fourth-order valence-corrected chi connectivity index (χ4v) is 3.40. The van der Waals surface area contributed by atoms with Crippen LogP contribution in [-0.4, -0.2) is 52.8 Å². The molecular weight excluding hydrogens is 330 g/mol. The van der Waals surface area contributed by atoms with Gasteiger partial charge in [-0.2, -0.15) is 0 Å². The van der Waals surface area contributed by atoms with Crippen LogP contribution in [0.5, 0.6) is 5.75 Å². The summed E-state index contributed by atoms with van der Waals surface area (Å²) < 4.78 is 13.8. The lowest BCUT2D eigenvalue weighted by Crippen LogP contribution is -2.55. The Morgan fingerprint density at radius 2 is 2.12 bits per heavy atom. The van der Waals surface area contributed by atoms with E-state index in [1.165, 1.54) is 0 Å². The molecule has 140 valence electrons. The second-order valence-electron chi connectivity index (χ2n) is 6.96. The number of aryl methyl sites for hydroxylation is 2. The second-order valence-corrected chi connectivity index (χ2v) is 6.96. The summed E-state index contributed by atoms with van der Waals surface area (Å²) in [4.78, 5) is 18.8. The first-order chi connectivity index (χ1) is 12.5. The quantitative estimate of drug-likeness (QED) is 0.797. The molecule has 0 bridgehead atoms. The monoisotopic (exact) mass is 357 g/mol. The zero-order valence-electron chi connectivity index (χ0n) is 15.8. The van der Waals surface area contributed by atoms with Crippen LogP contribution in [0.15, 0.2) is 36.7 Å². The van der Waals surface area contributed by atoms with E-state index in [1.807, 2.05) is 53.8 Å². The van der Waals surface area contributed by atoms with Crippen molar-refractivity contribution in [1.82, 2.24) is 14.5 Å². The highest BCUT2D eigenvalue weighted by atomic mass is 16.5. The van der Waals surface area contributed by atoms with Crippen molar-refractivity contribution in [3.05, 3.63) is 48.0 Å². The predicted octanol–water partition coefficient (Wildman–Crippen LogP) is 2.59. The molecule has 0 aliphatic carbocycles. The van der Waals surface area contributed by atoms with Gasteiger partial charge in [0.05, 0.1) is 6.54 Å². The van der Waals surface area contributed by atoms with E-state index in [-0.39, 0.29) is 5.91 Å². The molecular formula is C20H27N3O3. The van der Waals surface area contributed by atoms with Crippen LogP contribution in [0.1, 0.15) is 24.2 Å². The van der Waals surface area contributed by atoms with Gasteiger partial charge in [-0.15, -0.1) is 0 Å². The Morgan fingerprint density at radius 1 is 1.31 bits per heavy atom. The highest BCUT2D eigenvalue weighted by Gasteiger charge is 2.38. The maximum Gasteiger partial charge on any atom is 0.242 e. The van der Waals surface area contributed by atoms with E-state index in [0.29, 0.717) is 19.7 Å². The zero-order chi connectivity index (χ0) is 18.6. The summed E-state index contributed by atoms with van der Waals surface area (Å²) in [5.74, 6) is 1.79. The van der Waals surface area contributed by atoms with E-state index in [1.54, 1.807) is 13.3 Å². The lowest BCUT2D eigenvalue weighted by atomic mass is 9.93. The summed E-state index contributed by atoms with van der Waals surface area (Å²) in [5, 5.41) is 0. The summed E-state index contributed by atoms with van der Waals surface area (Å²) in [6.45, 7) is 5.97. The van der Waals surface area contributed by atoms with Gasteiger partial charge < -0.3 is 18.9 Å². The van der Waals surface area contributed by atoms with Gasteiger partial charge in [-0.25, -0.2) is 4.98 Å². The first-order valence-electron chi connectivity index (χ1n) is 9.02. The van der Waals surface area contributed by atoms with Crippen LogP contribution in [0, 0.1) is 13.8 Å². The molecule has 0 saturated carbocycles. The number of aromatic nitrogens is 2. The number of ether oxygens (including phenoxy) is 2. The maximum absolute atomic E-state index is 12.7. The molecule has 6 nitrogen and oxygen atoms in total. The molecule has 26 heavy (non-hydrogen) atoms. The van der Waals surface area contributed by atoms with Gasteiger partial charge in [-0.05, 0) is 38.3 Å². The Morgan fingerprint density at radius 3 is 2.81 bits per heavy atom. The summed E-state index contributed by atoms with van der Waals surface area (Å²) in [7, 11) is 1.70. The number of para-hydroxylation sites is 1. The molecule has 1 aliphatic rings. The molecule has 3 rings (SSSR count). The second kappa shape index (κ2) is 7.91. The molecule has 0 radical (unpaired) electrons. The number of rotatable bonds is 6. The number of methoxy groups -OCH3 is 1. The summed E-state index contributed by atoms with van der Waals surface area (Å²) in [6.07, 6.45) is 5.33. The SMILES string of the molecule is CO[C@@]1(COc2ccccc2C)CCCN(C(=O)Cn2ccnc2C)C1. The number of piperidine rings is 1. The molecule has 0 spiro atoms. The van der Waals surface area contributed by atoms with Gasteiger partial charge in [0.2, 0.25) is 5.91 Å². The number of nitrogens with zero attached hydrogens (tertiary/aromatic N) is 3. The van der Waals surface area contributed by atoms with Crippen molar-refractivity contribution >= 4 is 5.91 Å². The third-order valence-electron chi connectivity index (χ3n) is 5.14. The molecule has 1 saturated heterocycles. The maximum atomic E-state index is 12.7. The normalized spacial score (nSPS) is 20.2. The summed E-state index contributed by atoms with van der Waals surface area (Å²) in [6, 6.07) is 7.95. The number of carbonyl (C=O) groups excluding carboxylic acids is 1. The fraction of sp³-hybridized carbons (Fsp3) is 0.500. The molecule has 2 aromatic rings. The molecule has 1 fully saturated rings. The number of amides is 1. The van der Waals surface area contributed by atoms with Crippen molar-refractivity contribution in [1.29, 1.82) is 0 Å². The standard InChI is InChI=1S/C20H27N3O3/c1-16-7-4-5-8-18(16)26-15-20(25-3)9-6-11-23(14-20)19(24)13-22-12-10-21-17(22)2/h4-5,7-8,10,12H,6,9,11,13-15H2,1-3H3/t20-/m0/s1. The molecule has 0 N–H and O–H groups in total. The molecule has 0 unspecified atom stereocenters. The van der Waals surface area contributed by atoms with Crippen LogP contribution in [-0.2, 0) is 16.1 Å². The number of carbonyl (C=O) groups is 1. The summed E-state index contributed by atoms with van der Waals surface area (Å²) in [5.41, 5.74) is 0.623. The number of likely N-dealkylation sites (tertiary alicyclic amines) is 1. The van der Waals surface area contributed by atoms with E-state index < -0.39 is 5.60 Å².